The Balaban J connectivity index is 1.45. The van der Waals surface area contributed by atoms with Crippen molar-refractivity contribution in [2.24, 2.45) is 0 Å². The van der Waals surface area contributed by atoms with E-state index in [-0.39, 0.29) is 17.9 Å². The highest BCUT2D eigenvalue weighted by molar-refractivity contribution is 7.11. The highest BCUT2D eigenvalue weighted by Gasteiger charge is 2.20. The number of rotatable bonds is 11. The van der Waals surface area contributed by atoms with Crippen LogP contribution in [-0.4, -0.2) is 38.8 Å². The van der Waals surface area contributed by atoms with E-state index in [1.54, 1.807) is 37.3 Å². The van der Waals surface area contributed by atoms with Gasteiger partial charge in [-0.15, -0.1) is 11.3 Å². The number of aromatic nitrogens is 4. The largest absolute Gasteiger partial charge is 0.359 e. The number of hydrogen-bond donors (Lipinski definition) is 3. The second-order valence-corrected chi connectivity index (χ2v) is 9.05. The van der Waals surface area contributed by atoms with Gasteiger partial charge in [-0.05, 0) is 41.7 Å². The molecule has 1 unspecified atom stereocenters. The molecule has 3 N–H and O–H groups in total. The summed E-state index contributed by atoms with van der Waals surface area (Å²) in [6.45, 7) is 0. The molecule has 8 nitrogen and oxygen atoms in total. The Morgan fingerprint density at radius 2 is 1.69 bits per heavy atom. The Kier molecular flexibility index (Phi) is 8.34. The van der Waals surface area contributed by atoms with E-state index in [1.807, 2.05) is 12.1 Å². The number of H-pyrrole nitrogens is 1. The molecule has 0 saturated heterocycles. The van der Waals surface area contributed by atoms with E-state index in [0.29, 0.717) is 23.5 Å². The number of nitrogens with zero attached hydrogens (tertiary/aromatic N) is 3. The van der Waals surface area contributed by atoms with Crippen molar-refractivity contribution in [3.63, 3.8) is 0 Å². The molecule has 9 heteroatoms. The number of aromatic amines is 1. The molecule has 1 atom stereocenters. The summed E-state index contributed by atoms with van der Waals surface area (Å²) in [5.74, 6) is 0.593. The van der Waals surface area contributed by atoms with Crippen LogP contribution in [0.4, 0.5) is 0 Å². The first-order valence-corrected chi connectivity index (χ1v) is 12.5. The molecule has 3 heterocycles. The number of unbranched alkanes of at least 4 members (excludes halogenated alkanes) is 2. The van der Waals surface area contributed by atoms with Gasteiger partial charge in [0.25, 0.3) is 5.91 Å². The number of carbonyl (C=O) groups excluding carboxylic acids is 2. The van der Waals surface area contributed by atoms with Crippen molar-refractivity contribution in [3.05, 3.63) is 77.4 Å². The first-order chi connectivity index (χ1) is 17.1. The number of thiazole rings is 1. The zero-order chi connectivity index (χ0) is 24.5. The van der Waals surface area contributed by atoms with E-state index in [2.05, 4.69) is 54.8 Å². The molecule has 0 aliphatic heterocycles. The van der Waals surface area contributed by atoms with Gasteiger partial charge in [-0.2, -0.15) is 0 Å². The zero-order valence-corrected chi connectivity index (χ0v) is 20.3. The summed E-state index contributed by atoms with van der Waals surface area (Å²) in [7, 11) is 1.65. The van der Waals surface area contributed by atoms with Crippen molar-refractivity contribution in [1.29, 1.82) is 0 Å². The molecule has 0 aliphatic carbocycles. The number of hydrogen-bond acceptors (Lipinski definition) is 6. The van der Waals surface area contributed by atoms with Gasteiger partial charge >= 0.3 is 0 Å². The van der Waals surface area contributed by atoms with Gasteiger partial charge in [0.2, 0.25) is 5.91 Å². The average molecular weight is 489 g/mol. The molecule has 35 heavy (non-hydrogen) atoms. The first kappa shape index (κ1) is 24.3. The van der Waals surface area contributed by atoms with E-state index in [9.17, 15) is 9.59 Å². The molecule has 0 bridgehead atoms. The number of amides is 2. The van der Waals surface area contributed by atoms with Crippen molar-refractivity contribution in [3.8, 4) is 22.4 Å². The van der Waals surface area contributed by atoms with Gasteiger partial charge in [-0.1, -0.05) is 37.1 Å². The summed E-state index contributed by atoms with van der Waals surface area (Å²) in [5, 5.41) is 5.74. The van der Waals surface area contributed by atoms with E-state index < -0.39 is 0 Å². The lowest BCUT2D eigenvalue weighted by Gasteiger charge is -2.16. The Hall–Kier alpha value is -3.85. The van der Waals surface area contributed by atoms with Crippen molar-refractivity contribution in [2.45, 2.75) is 38.1 Å². The van der Waals surface area contributed by atoms with Crippen LogP contribution in [0.2, 0.25) is 0 Å². The number of nitrogens with one attached hydrogen (secondary N) is 3. The Labute approximate surface area is 208 Å². The van der Waals surface area contributed by atoms with E-state index >= 15 is 0 Å². The fraction of sp³-hybridized carbons (Fsp3) is 0.269. The lowest BCUT2D eigenvalue weighted by Crippen LogP contribution is -2.28. The minimum atomic E-state index is -0.269. The molecule has 2 amide bonds. The average Bonchev–Trinajstić information content (AvgIpc) is 3.61. The van der Waals surface area contributed by atoms with Crippen molar-refractivity contribution in [2.75, 3.05) is 7.05 Å². The van der Waals surface area contributed by atoms with Gasteiger partial charge in [0.15, 0.2) is 0 Å². The molecule has 4 aromatic rings. The maximum Gasteiger partial charge on any atom is 0.263 e. The van der Waals surface area contributed by atoms with Crippen molar-refractivity contribution >= 4 is 23.2 Å². The van der Waals surface area contributed by atoms with Crippen LogP contribution < -0.4 is 10.6 Å². The van der Waals surface area contributed by atoms with Crippen LogP contribution in [0, 0.1) is 0 Å². The third kappa shape index (κ3) is 6.60. The first-order valence-electron chi connectivity index (χ1n) is 11.6. The van der Waals surface area contributed by atoms with Crippen LogP contribution >= 0.6 is 11.3 Å². The van der Waals surface area contributed by atoms with E-state index in [0.717, 1.165) is 41.6 Å². The maximum atomic E-state index is 12.7. The number of carbonyl (C=O) groups is 2. The van der Waals surface area contributed by atoms with Gasteiger partial charge in [-0.3, -0.25) is 19.6 Å². The SMILES string of the molecule is CNC(=O)CCCCCC(NC(=O)c1cncs1)c1ncc(-c2ccc(-c3ccncc3)cc2)[nH]1. The lowest BCUT2D eigenvalue weighted by molar-refractivity contribution is -0.120. The molecule has 4 rings (SSSR count). The third-order valence-electron chi connectivity index (χ3n) is 5.77. The van der Waals surface area contributed by atoms with Crippen LogP contribution in [0.3, 0.4) is 0 Å². The van der Waals surface area contributed by atoms with Crippen LogP contribution in [-0.2, 0) is 4.79 Å². The van der Waals surface area contributed by atoms with Gasteiger partial charge in [0.1, 0.15) is 10.7 Å². The zero-order valence-electron chi connectivity index (χ0n) is 19.5. The van der Waals surface area contributed by atoms with Crippen LogP contribution in [0.25, 0.3) is 22.4 Å². The smallest absolute Gasteiger partial charge is 0.263 e. The highest BCUT2D eigenvalue weighted by Crippen LogP contribution is 2.26. The second kappa shape index (κ2) is 12.0. The minimum Gasteiger partial charge on any atom is -0.359 e. The second-order valence-electron chi connectivity index (χ2n) is 8.16. The van der Waals surface area contributed by atoms with Gasteiger partial charge < -0.3 is 15.6 Å². The quantitative estimate of drug-likeness (QED) is 0.263. The minimum absolute atomic E-state index is 0.0469. The standard InChI is InChI=1S/C26H28N6O2S/c1-27-24(33)6-4-2-3-5-21(32-26(34)23-16-29-17-35-23)25-30-15-22(31-25)20-9-7-18(8-10-20)19-11-13-28-14-12-19/h7-17,21H,2-6H2,1H3,(H,27,33)(H,30,31)(H,32,34). The number of pyridine rings is 1. The Morgan fingerprint density at radius 1 is 0.943 bits per heavy atom. The third-order valence-corrected chi connectivity index (χ3v) is 6.54. The molecular formula is C26H28N6O2S. The van der Waals surface area contributed by atoms with Crippen LogP contribution in [0.1, 0.15) is 53.6 Å². The van der Waals surface area contributed by atoms with E-state index in [1.165, 1.54) is 11.3 Å². The predicted molar refractivity (Wildman–Crippen MR) is 137 cm³/mol. The summed E-state index contributed by atoms with van der Waals surface area (Å²) in [6, 6.07) is 11.9. The normalized spacial score (nSPS) is 11.7. The molecule has 0 saturated carbocycles. The molecule has 0 spiro atoms. The maximum absolute atomic E-state index is 12.7. The fourth-order valence-electron chi connectivity index (χ4n) is 3.82. The van der Waals surface area contributed by atoms with E-state index in [4.69, 9.17) is 0 Å². The predicted octanol–water partition coefficient (Wildman–Crippen LogP) is 4.76. The van der Waals surface area contributed by atoms with Crippen molar-refractivity contribution < 1.29 is 9.59 Å². The molecule has 180 valence electrons. The number of imidazole rings is 1. The molecular weight excluding hydrogens is 460 g/mol. The summed E-state index contributed by atoms with van der Waals surface area (Å²) in [6.07, 6.45) is 10.7. The van der Waals surface area contributed by atoms with Gasteiger partial charge in [0.05, 0.1) is 29.6 Å². The Morgan fingerprint density at radius 3 is 2.40 bits per heavy atom. The number of benzene rings is 1. The van der Waals surface area contributed by atoms with Gasteiger partial charge in [-0.25, -0.2) is 4.98 Å². The Bertz CT molecular complexity index is 1220. The summed E-state index contributed by atoms with van der Waals surface area (Å²) >= 11 is 1.31. The van der Waals surface area contributed by atoms with Crippen molar-refractivity contribution in [1.82, 2.24) is 30.6 Å². The monoisotopic (exact) mass is 488 g/mol. The molecule has 0 aliphatic rings. The van der Waals surface area contributed by atoms with Gasteiger partial charge in [0, 0.05) is 25.9 Å². The summed E-state index contributed by atoms with van der Waals surface area (Å²) < 4.78 is 0. The summed E-state index contributed by atoms with van der Waals surface area (Å²) in [5.41, 5.74) is 5.77. The lowest BCUT2D eigenvalue weighted by atomic mass is 10.0. The summed E-state index contributed by atoms with van der Waals surface area (Å²) in [4.78, 5) is 40.8. The molecule has 0 radical (unpaired) electrons. The molecule has 0 fully saturated rings. The fourth-order valence-corrected chi connectivity index (χ4v) is 4.34. The topological polar surface area (TPSA) is 113 Å². The van der Waals surface area contributed by atoms with Crippen LogP contribution in [0.15, 0.2) is 66.7 Å². The van der Waals surface area contributed by atoms with Crippen LogP contribution in [0.5, 0.6) is 0 Å². The highest BCUT2D eigenvalue weighted by atomic mass is 32.1. The molecule has 1 aromatic carbocycles. The molecule has 3 aromatic heterocycles.